The molecular formula is C16H23FN2. The first kappa shape index (κ1) is 12.8. The topological polar surface area (TPSA) is 24.1 Å². The molecule has 1 heterocycles. The molecular weight excluding hydrogens is 239 g/mol. The summed E-state index contributed by atoms with van der Waals surface area (Å²) in [7, 11) is 0. The van der Waals surface area contributed by atoms with Gasteiger partial charge < -0.3 is 10.6 Å². The third-order valence-electron chi connectivity index (χ3n) is 4.94. The molecule has 0 bridgehead atoms. The van der Waals surface area contributed by atoms with E-state index < -0.39 is 0 Å². The Labute approximate surface area is 114 Å². The first-order chi connectivity index (χ1) is 9.08. The summed E-state index contributed by atoms with van der Waals surface area (Å²) >= 11 is 0. The molecule has 2 aliphatic rings. The lowest BCUT2D eigenvalue weighted by molar-refractivity contribution is 0.185. The summed E-state index contributed by atoms with van der Waals surface area (Å²) in [5, 5.41) is 7.01. The van der Waals surface area contributed by atoms with Crippen LogP contribution >= 0.6 is 0 Å². The molecule has 1 aromatic rings. The Bertz CT molecular complexity index is 441. The van der Waals surface area contributed by atoms with Crippen molar-refractivity contribution in [2.45, 2.75) is 39.5 Å². The number of halogens is 1. The van der Waals surface area contributed by atoms with Crippen molar-refractivity contribution < 1.29 is 4.39 Å². The van der Waals surface area contributed by atoms with Gasteiger partial charge in [0, 0.05) is 18.5 Å². The van der Waals surface area contributed by atoms with E-state index in [0.29, 0.717) is 11.0 Å². The van der Waals surface area contributed by atoms with Crippen LogP contribution in [0.1, 0.15) is 38.2 Å². The van der Waals surface area contributed by atoms with E-state index in [1.54, 1.807) is 6.07 Å². The van der Waals surface area contributed by atoms with E-state index >= 15 is 0 Å². The zero-order chi connectivity index (χ0) is 13.5. The molecule has 1 spiro atoms. The van der Waals surface area contributed by atoms with Gasteiger partial charge >= 0.3 is 0 Å². The lowest BCUT2D eigenvalue weighted by Gasteiger charge is -2.38. The normalized spacial score (nSPS) is 30.2. The standard InChI is InChI=1S/C16H23FN2/c1-11-3-5-16(6-4-11)9-18-14-7-12(2)13(17)8-15(14)19-10-16/h7-8,11,18-19H,3-6,9-10H2,1-2H3. The van der Waals surface area contributed by atoms with Crippen molar-refractivity contribution in [1.82, 2.24) is 0 Å². The molecule has 104 valence electrons. The molecule has 0 saturated heterocycles. The summed E-state index contributed by atoms with van der Waals surface area (Å²) in [4.78, 5) is 0. The van der Waals surface area contributed by atoms with E-state index in [1.807, 2.05) is 13.0 Å². The van der Waals surface area contributed by atoms with Crippen LogP contribution in [-0.2, 0) is 0 Å². The van der Waals surface area contributed by atoms with Crippen molar-refractivity contribution >= 4 is 11.4 Å². The maximum Gasteiger partial charge on any atom is 0.128 e. The van der Waals surface area contributed by atoms with Crippen LogP contribution in [0.4, 0.5) is 15.8 Å². The monoisotopic (exact) mass is 262 g/mol. The molecule has 1 aliphatic heterocycles. The van der Waals surface area contributed by atoms with Gasteiger partial charge in [-0.05, 0) is 43.4 Å². The van der Waals surface area contributed by atoms with Crippen molar-refractivity contribution in [1.29, 1.82) is 0 Å². The van der Waals surface area contributed by atoms with Crippen LogP contribution in [0.25, 0.3) is 0 Å². The summed E-state index contributed by atoms with van der Waals surface area (Å²) in [6.45, 7) is 6.13. The van der Waals surface area contributed by atoms with E-state index in [0.717, 1.165) is 30.4 Å². The van der Waals surface area contributed by atoms with E-state index in [1.165, 1.54) is 25.7 Å². The molecule has 1 aromatic carbocycles. The minimum Gasteiger partial charge on any atom is -0.383 e. The quantitative estimate of drug-likeness (QED) is 0.733. The average Bonchev–Trinajstić information content (AvgIpc) is 2.56. The highest BCUT2D eigenvalue weighted by atomic mass is 19.1. The highest BCUT2D eigenvalue weighted by molar-refractivity contribution is 5.71. The zero-order valence-corrected chi connectivity index (χ0v) is 11.9. The van der Waals surface area contributed by atoms with E-state index in [-0.39, 0.29) is 5.82 Å². The summed E-state index contributed by atoms with van der Waals surface area (Å²) in [6, 6.07) is 3.55. The Kier molecular flexibility index (Phi) is 3.15. The van der Waals surface area contributed by atoms with Crippen molar-refractivity contribution in [2.24, 2.45) is 11.3 Å². The number of benzene rings is 1. The second-order valence-electron chi connectivity index (χ2n) is 6.54. The Hall–Kier alpha value is -1.25. The van der Waals surface area contributed by atoms with Crippen LogP contribution in [0.3, 0.4) is 0 Å². The van der Waals surface area contributed by atoms with Crippen molar-refractivity contribution in [3.8, 4) is 0 Å². The Balaban J connectivity index is 1.81. The maximum absolute atomic E-state index is 13.7. The molecule has 1 fully saturated rings. The Morgan fingerprint density at radius 3 is 2.32 bits per heavy atom. The van der Waals surface area contributed by atoms with Crippen LogP contribution < -0.4 is 10.6 Å². The predicted molar refractivity (Wildman–Crippen MR) is 78.2 cm³/mol. The molecule has 0 unspecified atom stereocenters. The van der Waals surface area contributed by atoms with Crippen LogP contribution in [0.5, 0.6) is 0 Å². The number of fused-ring (bicyclic) bond motifs is 1. The van der Waals surface area contributed by atoms with E-state index in [4.69, 9.17) is 0 Å². The van der Waals surface area contributed by atoms with Gasteiger partial charge in [0.15, 0.2) is 0 Å². The predicted octanol–water partition coefficient (Wildman–Crippen LogP) is 4.17. The smallest absolute Gasteiger partial charge is 0.128 e. The summed E-state index contributed by atoms with van der Waals surface area (Å²) < 4.78 is 13.7. The first-order valence-corrected chi connectivity index (χ1v) is 7.36. The molecule has 1 saturated carbocycles. The fourth-order valence-electron chi connectivity index (χ4n) is 3.33. The number of aryl methyl sites for hydroxylation is 1. The lowest BCUT2D eigenvalue weighted by atomic mass is 9.71. The molecule has 0 radical (unpaired) electrons. The zero-order valence-electron chi connectivity index (χ0n) is 11.9. The lowest BCUT2D eigenvalue weighted by Crippen LogP contribution is -2.38. The van der Waals surface area contributed by atoms with Crippen LogP contribution in [0.15, 0.2) is 12.1 Å². The summed E-state index contributed by atoms with van der Waals surface area (Å²) in [5.41, 5.74) is 3.02. The van der Waals surface area contributed by atoms with Gasteiger partial charge in [-0.3, -0.25) is 0 Å². The largest absolute Gasteiger partial charge is 0.383 e. The molecule has 1 aliphatic carbocycles. The third kappa shape index (κ3) is 2.43. The van der Waals surface area contributed by atoms with Gasteiger partial charge in [0.2, 0.25) is 0 Å². The van der Waals surface area contributed by atoms with Crippen LogP contribution in [0, 0.1) is 24.1 Å². The highest BCUT2D eigenvalue weighted by Crippen LogP contribution is 2.41. The molecule has 3 rings (SSSR count). The molecule has 19 heavy (non-hydrogen) atoms. The van der Waals surface area contributed by atoms with Gasteiger partial charge in [0.25, 0.3) is 0 Å². The number of hydrogen-bond acceptors (Lipinski definition) is 2. The van der Waals surface area contributed by atoms with Crippen LogP contribution in [0.2, 0.25) is 0 Å². The average molecular weight is 262 g/mol. The minimum absolute atomic E-state index is 0.124. The first-order valence-electron chi connectivity index (χ1n) is 7.36. The minimum atomic E-state index is -0.124. The number of nitrogens with one attached hydrogen (secondary N) is 2. The van der Waals surface area contributed by atoms with Crippen molar-refractivity contribution in [2.75, 3.05) is 23.7 Å². The van der Waals surface area contributed by atoms with Gasteiger partial charge in [-0.15, -0.1) is 0 Å². The second kappa shape index (κ2) is 4.69. The molecule has 0 amide bonds. The van der Waals surface area contributed by atoms with Gasteiger partial charge in [-0.25, -0.2) is 4.39 Å². The maximum atomic E-state index is 13.7. The third-order valence-corrected chi connectivity index (χ3v) is 4.94. The van der Waals surface area contributed by atoms with Crippen molar-refractivity contribution in [3.05, 3.63) is 23.5 Å². The fourth-order valence-corrected chi connectivity index (χ4v) is 3.33. The Morgan fingerprint density at radius 1 is 1.11 bits per heavy atom. The molecule has 0 atom stereocenters. The van der Waals surface area contributed by atoms with Gasteiger partial charge in [0.05, 0.1) is 11.4 Å². The number of hydrogen-bond donors (Lipinski definition) is 2. The van der Waals surface area contributed by atoms with Crippen LogP contribution in [-0.4, -0.2) is 13.1 Å². The molecule has 2 N–H and O–H groups in total. The summed E-state index contributed by atoms with van der Waals surface area (Å²) in [6.07, 6.45) is 5.16. The molecule has 0 aromatic heterocycles. The van der Waals surface area contributed by atoms with Gasteiger partial charge in [-0.2, -0.15) is 0 Å². The molecule has 3 heteroatoms. The van der Waals surface area contributed by atoms with Gasteiger partial charge in [-0.1, -0.05) is 19.8 Å². The van der Waals surface area contributed by atoms with E-state index in [9.17, 15) is 4.39 Å². The summed E-state index contributed by atoms with van der Waals surface area (Å²) in [5.74, 6) is 0.734. The second-order valence-corrected chi connectivity index (χ2v) is 6.54. The van der Waals surface area contributed by atoms with Gasteiger partial charge in [0.1, 0.15) is 5.82 Å². The highest BCUT2D eigenvalue weighted by Gasteiger charge is 2.35. The molecule has 2 nitrogen and oxygen atoms in total. The Morgan fingerprint density at radius 2 is 1.68 bits per heavy atom. The van der Waals surface area contributed by atoms with Crippen molar-refractivity contribution in [3.63, 3.8) is 0 Å². The number of rotatable bonds is 0. The number of anilines is 2. The SMILES string of the molecule is Cc1cc2c(cc1F)NCC1(CCC(C)CC1)CN2. The van der Waals surface area contributed by atoms with E-state index in [2.05, 4.69) is 17.6 Å². The fraction of sp³-hybridized carbons (Fsp3) is 0.625.